The van der Waals surface area contributed by atoms with Crippen LogP contribution >= 0.6 is 0 Å². The van der Waals surface area contributed by atoms with Gasteiger partial charge in [0.25, 0.3) is 0 Å². The molecule has 1 aliphatic rings. The second-order valence-electron chi connectivity index (χ2n) is 4.94. The molecule has 1 aliphatic heterocycles. The van der Waals surface area contributed by atoms with Crippen LogP contribution in [0.5, 0.6) is 0 Å². The fourth-order valence-electron chi connectivity index (χ4n) is 2.47. The molecule has 0 spiro atoms. The summed E-state index contributed by atoms with van der Waals surface area (Å²) in [7, 11) is 0. The van der Waals surface area contributed by atoms with Crippen LogP contribution in [0.25, 0.3) is 0 Å². The van der Waals surface area contributed by atoms with Gasteiger partial charge in [-0.15, -0.1) is 0 Å². The predicted molar refractivity (Wildman–Crippen MR) is 73.2 cm³/mol. The zero-order valence-electron chi connectivity index (χ0n) is 11.2. The van der Waals surface area contributed by atoms with Crippen molar-refractivity contribution < 1.29 is 4.79 Å². The molecule has 1 heterocycles. The van der Waals surface area contributed by atoms with Crippen molar-refractivity contribution in [1.29, 1.82) is 0 Å². The maximum absolute atomic E-state index is 12.3. The first-order valence-electron chi connectivity index (χ1n) is 6.83. The van der Waals surface area contributed by atoms with Crippen LogP contribution in [0, 0.1) is 0 Å². The number of nitrogens with zero attached hydrogens (tertiary/aromatic N) is 1. The van der Waals surface area contributed by atoms with Crippen molar-refractivity contribution in [1.82, 2.24) is 10.2 Å². The zero-order valence-corrected chi connectivity index (χ0v) is 11.2. The molecule has 3 heteroatoms. The highest BCUT2D eigenvalue weighted by molar-refractivity contribution is 5.82. The Morgan fingerprint density at radius 2 is 1.94 bits per heavy atom. The Morgan fingerprint density at radius 1 is 1.22 bits per heavy atom. The van der Waals surface area contributed by atoms with E-state index in [1.54, 1.807) is 0 Å². The van der Waals surface area contributed by atoms with E-state index in [2.05, 4.69) is 31.3 Å². The average molecular weight is 246 g/mol. The van der Waals surface area contributed by atoms with Gasteiger partial charge in [0.2, 0.25) is 5.91 Å². The van der Waals surface area contributed by atoms with Gasteiger partial charge in [-0.3, -0.25) is 4.79 Å². The number of carbonyl (C=O) groups is 1. The van der Waals surface area contributed by atoms with E-state index in [4.69, 9.17) is 0 Å². The molecular weight excluding hydrogens is 224 g/mol. The van der Waals surface area contributed by atoms with Gasteiger partial charge >= 0.3 is 0 Å². The van der Waals surface area contributed by atoms with Gasteiger partial charge in [-0.05, 0) is 18.4 Å². The fourth-order valence-corrected chi connectivity index (χ4v) is 2.47. The van der Waals surface area contributed by atoms with Gasteiger partial charge in [0.1, 0.15) is 0 Å². The number of carbonyl (C=O) groups excluding carboxylic acids is 1. The molecule has 1 saturated heterocycles. The summed E-state index contributed by atoms with van der Waals surface area (Å²) in [6.07, 6.45) is 1.93. The van der Waals surface area contributed by atoms with E-state index in [1.165, 1.54) is 5.56 Å². The Hall–Kier alpha value is -1.35. The Morgan fingerprint density at radius 3 is 2.56 bits per heavy atom. The fraction of sp³-hybridized carbons (Fsp3) is 0.533. The molecule has 1 fully saturated rings. The molecule has 0 aromatic heterocycles. The number of hydrogen-bond donors (Lipinski definition) is 1. The van der Waals surface area contributed by atoms with E-state index < -0.39 is 0 Å². The molecule has 0 aliphatic carbocycles. The summed E-state index contributed by atoms with van der Waals surface area (Å²) in [5, 5.41) is 3.43. The minimum atomic E-state index is -0.00703. The number of nitrogens with one attached hydrogen (secondary N) is 1. The molecule has 0 saturated carbocycles. The van der Waals surface area contributed by atoms with E-state index in [9.17, 15) is 4.79 Å². The number of piperazine rings is 1. The normalized spacial score (nSPS) is 24.3. The molecule has 1 N–H and O–H groups in total. The minimum Gasteiger partial charge on any atom is -0.335 e. The first-order chi connectivity index (χ1) is 8.74. The predicted octanol–water partition coefficient (Wildman–Crippen LogP) is 2.18. The van der Waals surface area contributed by atoms with Gasteiger partial charge < -0.3 is 10.2 Å². The molecule has 2 atom stereocenters. The van der Waals surface area contributed by atoms with E-state index in [-0.39, 0.29) is 11.9 Å². The van der Waals surface area contributed by atoms with Crippen LogP contribution in [0.3, 0.4) is 0 Å². The van der Waals surface area contributed by atoms with Crippen LogP contribution in [0.15, 0.2) is 30.3 Å². The standard InChI is InChI=1S/C15H22N2O/c1-3-13-11-17(15(18)14(4-2)16-13)10-12-8-6-5-7-9-12/h5-9,13-14,16H,3-4,10-11H2,1-2H3/t13-,14-/m1/s1. The summed E-state index contributed by atoms with van der Waals surface area (Å²) in [5.41, 5.74) is 1.21. The quantitative estimate of drug-likeness (QED) is 0.883. The number of hydrogen-bond acceptors (Lipinski definition) is 2. The molecule has 0 radical (unpaired) electrons. The third-order valence-electron chi connectivity index (χ3n) is 3.60. The van der Waals surface area contributed by atoms with Crippen LogP contribution < -0.4 is 5.32 Å². The Labute approximate surface area is 109 Å². The van der Waals surface area contributed by atoms with E-state index in [0.29, 0.717) is 6.04 Å². The third kappa shape index (κ3) is 2.91. The van der Waals surface area contributed by atoms with Crippen LogP contribution in [0.2, 0.25) is 0 Å². The van der Waals surface area contributed by atoms with Crippen LogP contribution in [-0.4, -0.2) is 29.4 Å². The Bertz CT molecular complexity index is 391. The van der Waals surface area contributed by atoms with Crippen molar-refractivity contribution in [3.63, 3.8) is 0 Å². The topological polar surface area (TPSA) is 32.3 Å². The highest BCUT2D eigenvalue weighted by atomic mass is 16.2. The van der Waals surface area contributed by atoms with Gasteiger partial charge in [0.05, 0.1) is 6.04 Å². The first kappa shape index (κ1) is 13.1. The number of amides is 1. The average Bonchev–Trinajstić information content (AvgIpc) is 2.42. The van der Waals surface area contributed by atoms with Gasteiger partial charge in [-0.25, -0.2) is 0 Å². The maximum Gasteiger partial charge on any atom is 0.240 e. The van der Waals surface area contributed by atoms with Crippen molar-refractivity contribution in [2.24, 2.45) is 0 Å². The highest BCUT2D eigenvalue weighted by Gasteiger charge is 2.31. The molecular formula is C15H22N2O. The van der Waals surface area contributed by atoms with E-state index >= 15 is 0 Å². The molecule has 3 nitrogen and oxygen atoms in total. The Kier molecular flexibility index (Phi) is 4.37. The highest BCUT2D eigenvalue weighted by Crippen LogP contribution is 2.14. The summed E-state index contributed by atoms with van der Waals surface area (Å²) >= 11 is 0. The lowest BCUT2D eigenvalue weighted by molar-refractivity contribution is -0.137. The van der Waals surface area contributed by atoms with Gasteiger partial charge in [-0.1, -0.05) is 44.2 Å². The van der Waals surface area contributed by atoms with Crippen molar-refractivity contribution in [2.45, 2.75) is 45.3 Å². The monoisotopic (exact) mass is 246 g/mol. The molecule has 98 valence electrons. The minimum absolute atomic E-state index is 0.00703. The van der Waals surface area contributed by atoms with Crippen molar-refractivity contribution in [3.8, 4) is 0 Å². The van der Waals surface area contributed by atoms with E-state index in [0.717, 1.165) is 25.9 Å². The van der Waals surface area contributed by atoms with Gasteiger partial charge in [-0.2, -0.15) is 0 Å². The molecule has 0 unspecified atom stereocenters. The second kappa shape index (κ2) is 6.01. The summed E-state index contributed by atoms with van der Waals surface area (Å²) in [6, 6.07) is 10.6. The van der Waals surface area contributed by atoms with Gasteiger partial charge in [0, 0.05) is 19.1 Å². The zero-order chi connectivity index (χ0) is 13.0. The van der Waals surface area contributed by atoms with Crippen molar-refractivity contribution in [2.75, 3.05) is 6.54 Å². The van der Waals surface area contributed by atoms with Crippen molar-refractivity contribution in [3.05, 3.63) is 35.9 Å². The van der Waals surface area contributed by atoms with Crippen molar-refractivity contribution >= 4 is 5.91 Å². The number of benzene rings is 1. The first-order valence-corrected chi connectivity index (χ1v) is 6.83. The largest absolute Gasteiger partial charge is 0.335 e. The lowest BCUT2D eigenvalue weighted by Gasteiger charge is -2.38. The summed E-state index contributed by atoms with van der Waals surface area (Å²) in [4.78, 5) is 14.3. The van der Waals surface area contributed by atoms with Crippen LogP contribution in [0.4, 0.5) is 0 Å². The Balaban J connectivity index is 2.08. The SMILES string of the molecule is CC[C@@H]1CN(Cc2ccccc2)C(=O)[C@@H](CC)N1. The smallest absolute Gasteiger partial charge is 0.240 e. The second-order valence-corrected chi connectivity index (χ2v) is 4.94. The summed E-state index contributed by atoms with van der Waals surface area (Å²) in [5.74, 6) is 0.242. The number of rotatable bonds is 4. The van der Waals surface area contributed by atoms with Crippen LogP contribution in [0.1, 0.15) is 32.3 Å². The lowest BCUT2D eigenvalue weighted by atomic mass is 10.0. The molecule has 2 rings (SSSR count). The summed E-state index contributed by atoms with van der Waals surface area (Å²) in [6.45, 7) is 5.78. The summed E-state index contributed by atoms with van der Waals surface area (Å²) < 4.78 is 0. The third-order valence-corrected chi connectivity index (χ3v) is 3.60. The maximum atomic E-state index is 12.3. The molecule has 1 aromatic rings. The molecule has 18 heavy (non-hydrogen) atoms. The van der Waals surface area contributed by atoms with Gasteiger partial charge in [0.15, 0.2) is 0 Å². The lowest BCUT2D eigenvalue weighted by Crippen LogP contribution is -2.59. The molecule has 1 aromatic carbocycles. The van der Waals surface area contributed by atoms with Crippen LogP contribution in [-0.2, 0) is 11.3 Å². The van der Waals surface area contributed by atoms with E-state index in [1.807, 2.05) is 23.1 Å². The molecule has 0 bridgehead atoms. The molecule has 1 amide bonds.